The zero-order valence-electron chi connectivity index (χ0n) is 15.5. The zero-order valence-corrected chi connectivity index (χ0v) is 16.3. The number of rotatable bonds is 10. The second-order valence-corrected chi connectivity index (χ2v) is 7.20. The number of aliphatic hydroxyl groups is 1. The average Bonchev–Trinajstić information content (AvgIpc) is 3.18. The van der Waals surface area contributed by atoms with Gasteiger partial charge in [-0.3, -0.25) is 4.98 Å². The normalized spacial score (nSPS) is 12.1. The van der Waals surface area contributed by atoms with E-state index in [-0.39, 0.29) is 0 Å². The van der Waals surface area contributed by atoms with Crippen molar-refractivity contribution in [3.05, 3.63) is 64.7 Å². The molecule has 0 saturated heterocycles. The lowest BCUT2D eigenvalue weighted by Crippen LogP contribution is -2.26. The Morgan fingerprint density at radius 2 is 2.07 bits per heavy atom. The molecule has 0 bridgehead atoms. The predicted octanol–water partition coefficient (Wildman–Crippen LogP) is 3.86. The molecule has 2 aromatic heterocycles. The van der Waals surface area contributed by atoms with E-state index in [4.69, 9.17) is 4.74 Å². The third-order valence-electron chi connectivity index (χ3n) is 4.12. The standard InChI is InChI=1S/C21H25N3O2S/c1-2-4-21-24-19(15-27-21)16-6-8-18(9-7-16)26-12-11-23-14-20(25)17-5-3-10-22-13-17/h3,5-10,13,15,20,23,25H,2,4,11-12,14H2,1H3/t20-/m0/s1. The van der Waals surface area contributed by atoms with Crippen molar-refractivity contribution in [2.45, 2.75) is 25.9 Å². The summed E-state index contributed by atoms with van der Waals surface area (Å²) < 4.78 is 5.75. The van der Waals surface area contributed by atoms with E-state index in [1.54, 1.807) is 23.7 Å². The Balaban J connectivity index is 1.40. The van der Waals surface area contributed by atoms with Crippen LogP contribution in [0.4, 0.5) is 0 Å². The maximum atomic E-state index is 10.1. The van der Waals surface area contributed by atoms with Crippen molar-refractivity contribution in [1.29, 1.82) is 0 Å². The molecule has 3 rings (SSSR count). The number of aromatic nitrogens is 2. The third kappa shape index (κ3) is 5.85. The number of nitrogens with zero attached hydrogens (tertiary/aromatic N) is 2. The van der Waals surface area contributed by atoms with Gasteiger partial charge in [0.05, 0.1) is 16.8 Å². The lowest BCUT2D eigenvalue weighted by atomic mass is 10.1. The fraction of sp³-hybridized carbons (Fsp3) is 0.333. The van der Waals surface area contributed by atoms with Crippen LogP contribution in [0.2, 0.25) is 0 Å². The maximum Gasteiger partial charge on any atom is 0.119 e. The first-order valence-electron chi connectivity index (χ1n) is 9.22. The van der Waals surface area contributed by atoms with E-state index in [1.165, 1.54) is 5.01 Å². The van der Waals surface area contributed by atoms with Crippen LogP contribution in [0, 0.1) is 0 Å². The minimum Gasteiger partial charge on any atom is -0.492 e. The van der Waals surface area contributed by atoms with Gasteiger partial charge in [-0.2, -0.15) is 0 Å². The third-order valence-corrected chi connectivity index (χ3v) is 5.03. The van der Waals surface area contributed by atoms with Gasteiger partial charge in [0.2, 0.25) is 0 Å². The topological polar surface area (TPSA) is 67.3 Å². The molecule has 0 unspecified atom stereocenters. The quantitative estimate of drug-likeness (QED) is 0.521. The first kappa shape index (κ1) is 19.5. The first-order chi connectivity index (χ1) is 13.3. The van der Waals surface area contributed by atoms with E-state index in [1.807, 2.05) is 36.4 Å². The van der Waals surface area contributed by atoms with Gasteiger partial charge >= 0.3 is 0 Å². The van der Waals surface area contributed by atoms with Crippen molar-refractivity contribution < 1.29 is 9.84 Å². The van der Waals surface area contributed by atoms with E-state index >= 15 is 0 Å². The number of aliphatic hydroxyl groups excluding tert-OH is 1. The van der Waals surface area contributed by atoms with Crippen molar-refractivity contribution in [2.75, 3.05) is 19.7 Å². The molecule has 1 atom stereocenters. The van der Waals surface area contributed by atoms with Crippen LogP contribution in [-0.2, 0) is 6.42 Å². The monoisotopic (exact) mass is 383 g/mol. The summed E-state index contributed by atoms with van der Waals surface area (Å²) in [6.07, 6.45) is 4.97. The number of thiazole rings is 1. The van der Waals surface area contributed by atoms with Crippen LogP contribution in [0.1, 0.15) is 30.0 Å². The van der Waals surface area contributed by atoms with Gasteiger partial charge in [-0.05, 0) is 43.2 Å². The molecule has 0 amide bonds. The van der Waals surface area contributed by atoms with Crippen LogP contribution in [-0.4, -0.2) is 34.8 Å². The van der Waals surface area contributed by atoms with Crippen molar-refractivity contribution in [3.63, 3.8) is 0 Å². The van der Waals surface area contributed by atoms with E-state index < -0.39 is 6.10 Å². The predicted molar refractivity (Wildman–Crippen MR) is 109 cm³/mol. The number of ether oxygens (including phenoxy) is 1. The van der Waals surface area contributed by atoms with Gasteiger partial charge in [-0.1, -0.05) is 13.0 Å². The van der Waals surface area contributed by atoms with Crippen LogP contribution in [0.15, 0.2) is 54.2 Å². The number of hydrogen-bond donors (Lipinski definition) is 2. The van der Waals surface area contributed by atoms with Crippen molar-refractivity contribution in [1.82, 2.24) is 15.3 Å². The van der Waals surface area contributed by atoms with Crippen LogP contribution in [0.3, 0.4) is 0 Å². The minimum atomic E-state index is -0.561. The molecule has 0 fully saturated rings. The molecule has 6 heteroatoms. The molecule has 0 saturated carbocycles. The molecular weight excluding hydrogens is 358 g/mol. The van der Waals surface area contributed by atoms with Crippen LogP contribution in [0.25, 0.3) is 11.3 Å². The Morgan fingerprint density at radius 3 is 2.81 bits per heavy atom. The second kappa shape index (κ2) is 10.2. The van der Waals surface area contributed by atoms with E-state index in [0.29, 0.717) is 19.7 Å². The Labute approximate surface area is 164 Å². The van der Waals surface area contributed by atoms with Crippen LogP contribution < -0.4 is 10.1 Å². The highest BCUT2D eigenvalue weighted by molar-refractivity contribution is 7.09. The summed E-state index contributed by atoms with van der Waals surface area (Å²) in [6, 6.07) is 11.7. The Bertz CT molecular complexity index is 806. The number of nitrogens with one attached hydrogen (secondary N) is 1. The van der Waals surface area contributed by atoms with Crippen LogP contribution >= 0.6 is 11.3 Å². The molecule has 0 spiro atoms. The Morgan fingerprint density at radius 1 is 1.22 bits per heavy atom. The number of pyridine rings is 1. The molecular formula is C21H25N3O2S. The van der Waals surface area contributed by atoms with Crippen molar-refractivity contribution in [3.8, 4) is 17.0 Å². The summed E-state index contributed by atoms with van der Waals surface area (Å²) in [4.78, 5) is 8.68. The minimum absolute atomic E-state index is 0.470. The summed E-state index contributed by atoms with van der Waals surface area (Å²) in [6.45, 7) is 3.83. The highest BCUT2D eigenvalue weighted by atomic mass is 32.1. The van der Waals surface area contributed by atoms with E-state index in [9.17, 15) is 5.11 Å². The molecule has 0 aliphatic rings. The molecule has 142 valence electrons. The molecule has 0 aliphatic heterocycles. The molecule has 1 aromatic carbocycles. The lowest BCUT2D eigenvalue weighted by molar-refractivity contribution is 0.171. The van der Waals surface area contributed by atoms with Crippen molar-refractivity contribution >= 4 is 11.3 Å². The van der Waals surface area contributed by atoms with Gasteiger partial charge in [-0.25, -0.2) is 4.98 Å². The summed E-state index contributed by atoms with van der Waals surface area (Å²) in [5.74, 6) is 0.831. The van der Waals surface area contributed by atoms with Gasteiger partial charge in [0.25, 0.3) is 0 Å². The second-order valence-electron chi connectivity index (χ2n) is 6.26. The summed E-state index contributed by atoms with van der Waals surface area (Å²) in [5, 5.41) is 16.6. The SMILES string of the molecule is CCCc1nc(-c2ccc(OCCNC[C@H](O)c3cccnc3)cc2)cs1. The number of aryl methyl sites for hydroxylation is 1. The Hall–Kier alpha value is -2.28. The van der Waals surface area contributed by atoms with E-state index in [2.05, 4.69) is 27.6 Å². The molecule has 2 heterocycles. The number of hydrogen-bond acceptors (Lipinski definition) is 6. The van der Waals surface area contributed by atoms with Gasteiger partial charge in [0.1, 0.15) is 12.4 Å². The largest absolute Gasteiger partial charge is 0.492 e. The highest BCUT2D eigenvalue weighted by Crippen LogP contribution is 2.24. The van der Waals surface area contributed by atoms with E-state index in [0.717, 1.165) is 35.4 Å². The van der Waals surface area contributed by atoms with Gasteiger partial charge < -0.3 is 15.2 Å². The Kier molecular flexibility index (Phi) is 7.33. The molecule has 5 nitrogen and oxygen atoms in total. The first-order valence-corrected chi connectivity index (χ1v) is 10.1. The van der Waals surface area contributed by atoms with Gasteiger partial charge in [0, 0.05) is 42.0 Å². The molecule has 2 N–H and O–H groups in total. The molecule has 0 aliphatic carbocycles. The number of benzene rings is 1. The fourth-order valence-corrected chi connectivity index (χ4v) is 3.57. The lowest BCUT2D eigenvalue weighted by Gasteiger charge is -2.12. The summed E-state index contributed by atoms with van der Waals surface area (Å²) >= 11 is 1.72. The molecule has 3 aromatic rings. The summed E-state index contributed by atoms with van der Waals surface area (Å²) in [7, 11) is 0. The van der Waals surface area contributed by atoms with Gasteiger partial charge in [0.15, 0.2) is 0 Å². The van der Waals surface area contributed by atoms with Crippen molar-refractivity contribution in [2.24, 2.45) is 0 Å². The van der Waals surface area contributed by atoms with Gasteiger partial charge in [-0.15, -0.1) is 11.3 Å². The zero-order chi connectivity index (χ0) is 18.9. The summed E-state index contributed by atoms with van der Waals surface area (Å²) in [5.41, 5.74) is 2.95. The maximum absolute atomic E-state index is 10.1. The van der Waals surface area contributed by atoms with Crippen LogP contribution in [0.5, 0.6) is 5.75 Å². The smallest absolute Gasteiger partial charge is 0.119 e. The average molecular weight is 384 g/mol. The molecule has 0 radical (unpaired) electrons. The highest BCUT2D eigenvalue weighted by Gasteiger charge is 2.07. The molecule has 27 heavy (non-hydrogen) atoms. The fourth-order valence-electron chi connectivity index (χ4n) is 2.66.